The molecule has 1 rings (SSSR count). The van der Waals surface area contributed by atoms with E-state index < -0.39 is 0 Å². The third-order valence-corrected chi connectivity index (χ3v) is 2.82. The van der Waals surface area contributed by atoms with Gasteiger partial charge in [-0.25, -0.2) is 0 Å². The Morgan fingerprint density at radius 2 is 2.00 bits per heavy atom. The molecule has 1 aliphatic rings. The molecule has 1 unspecified atom stereocenters. The first-order valence-electron chi connectivity index (χ1n) is 5.50. The summed E-state index contributed by atoms with van der Waals surface area (Å²) in [6.45, 7) is 1.82. The van der Waals surface area contributed by atoms with E-state index in [0.29, 0.717) is 0 Å². The normalized spacial score (nSPS) is 18.5. The number of nitrogens with one attached hydrogen (secondary N) is 1. The highest BCUT2D eigenvalue weighted by Crippen LogP contribution is 2.24. The molecule has 1 amide bonds. The van der Waals surface area contributed by atoms with Crippen LogP contribution in [0, 0.1) is 5.92 Å². The number of rotatable bonds is 4. The molecule has 0 aliphatic heterocycles. The van der Waals surface area contributed by atoms with Crippen molar-refractivity contribution < 1.29 is 14.3 Å². The molecule has 1 aliphatic carbocycles. The molecule has 86 valence electrons. The van der Waals surface area contributed by atoms with Crippen LogP contribution in [0.15, 0.2) is 0 Å². The molecule has 1 atom stereocenters. The molecule has 4 heteroatoms. The van der Waals surface area contributed by atoms with Crippen molar-refractivity contribution in [2.75, 3.05) is 7.11 Å². The van der Waals surface area contributed by atoms with Crippen molar-refractivity contribution in [2.24, 2.45) is 5.92 Å². The number of amides is 1. The average Bonchev–Trinajstić information content (AvgIpc) is 2.70. The van der Waals surface area contributed by atoms with Crippen LogP contribution in [-0.2, 0) is 14.3 Å². The lowest BCUT2D eigenvalue weighted by molar-refractivity contribution is -0.141. The third-order valence-electron chi connectivity index (χ3n) is 2.82. The van der Waals surface area contributed by atoms with Crippen LogP contribution in [0.3, 0.4) is 0 Å². The maximum Gasteiger partial charge on any atom is 0.307 e. The Morgan fingerprint density at radius 3 is 2.53 bits per heavy atom. The Bertz CT molecular complexity index is 234. The average molecular weight is 213 g/mol. The predicted octanol–water partition coefficient (Wildman–Crippen LogP) is 1.24. The molecule has 0 aromatic heterocycles. The first-order valence-corrected chi connectivity index (χ1v) is 5.50. The Balaban J connectivity index is 2.27. The number of carbonyl (C=O) groups is 2. The zero-order valence-corrected chi connectivity index (χ0v) is 9.41. The summed E-state index contributed by atoms with van der Waals surface area (Å²) in [7, 11) is 1.36. The Morgan fingerprint density at radius 1 is 1.40 bits per heavy atom. The van der Waals surface area contributed by atoms with Crippen molar-refractivity contribution in [1.29, 1.82) is 0 Å². The fourth-order valence-corrected chi connectivity index (χ4v) is 1.93. The van der Waals surface area contributed by atoms with E-state index in [-0.39, 0.29) is 30.3 Å². The molecule has 0 saturated heterocycles. The summed E-state index contributed by atoms with van der Waals surface area (Å²) in [6.07, 6.45) is 4.50. The van der Waals surface area contributed by atoms with Crippen molar-refractivity contribution in [1.82, 2.24) is 5.32 Å². The van der Waals surface area contributed by atoms with Gasteiger partial charge in [-0.05, 0) is 19.8 Å². The molecule has 0 aromatic carbocycles. The number of esters is 1. The van der Waals surface area contributed by atoms with Gasteiger partial charge >= 0.3 is 5.97 Å². The highest BCUT2D eigenvalue weighted by Gasteiger charge is 2.24. The van der Waals surface area contributed by atoms with Crippen LogP contribution in [0.1, 0.15) is 39.0 Å². The summed E-state index contributed by atoms with van der Waals surface area (Å²) in [6, 6.07) is -0.134. The van der Waals surface area contributed by atoms with Crippen LogP contribution in [0.2, 0.25) is 0 Å². The van der Waals surface area contributed by atoms with Crippen molar-refractivity contribution in [3.63, 3.8) is 0 Å². The van der Waals surface area contributed by atoms with Crippen LogP contribution in [0.4, 0.5) is 0 Å². The smallest absolute Gasteiger partial charge is 0.307 e. The number of methoxy groups -OCH3 is 1. The fraction of sp³-hybridized carbons (Fsp3) is 0.818. The zero-order valence-electron chi connectivity index (χ0n) is 9.41. The number of ether oxygens (including phenoxy) is 1. The number of hydrogen-bond donors (Lipinski definition) is 1. The van der Waals surface area contributed by atoms with Crippen molar-refractivity contribution in [2.45, 2.75) is 45.1 Å². The van der Waals surface area contributed by atoms with Crippen molar-refractivity contribution >= 4 is 11.9 Å². The van der Waals surface area contributed by atoms with Crippen LogP contribution in [0.25, 0.3) is 0 Å². The van der Waals surface area contributed by atoms with Crippen LogP contribution in [0.5, 0.6) is 0 Å². The highest BCUT2D eigenvalue weighted by molar-refractivity contribution is 5.80. The first-order chi connectivity index (χ1) is 7.13. The minimum atomic E-state index is -0.283. The van der Waals surface area contributed by atoms with Crippen LogP contribution in [-0.4, -0.2) is 25.0 Å². The lowest BCUT2D eigenvalue weighted by Gasteiger charge is -2.15. The van der Waals surface area contributed by atoms with Crippen molar-refractivity contribution in [3.8, 4) is 0 Å². The van der Waals surface area contributed by atoms with E-state index in [1.165, 1.54) is 7.11 Å². The van der Waals surface area contributed by atoms with Gasteiger partial charge in [0.05, 0.1) is 13.5 Å². The summed E-state index contributed by atoms with van der Waals surface area (Å²) in [5, 5.41) is 2.85. The van der Waals surface area contributed by atoms with Crippen molar-refractivity contribution in [3.05, 3.63) is 0 Å². The minimum absolute atomic E-state index is 0.0869. The zero-order chi connectivity index (χ0) is 11.3. The van der Waals surface area contributed by atoms with Gasteiger partial charge in [0.1, 0.15) is 0 Å². The van der Waals surface area contributed by atoms with Crippen LogP contribution < -0.4 is 5.32 Å². The lowest BCUT2D eigenvalue weighted by Crippen LogP contribution is -2.37. The largest absolute Gasteiger partial charge is 0.469 e. The summed E-state index contributed by atoms with van der Waals surface area (Å²) >= 11 is 0. The molecule has 0 bridgehead atoms. The molecule has 15 heavy (non-hydrogen) atoms. The molecule has 0 radical (unpaired) electrons. The second-order valence-electron chi connectivity index (χ2n) is 4.17. The van der Waals surface area contributed by atoms with Gasteiger partial charge in [0, 0.05) is 12.0 Å². The van der Waals surface area contributed by atoms with E-state index in [4.69, 9.17) is 0 Å². The van der Waals surface area contributed by atoms with E-state index in [9.17, 15) is 9.59 Å². The van der Waals surface area contributed by atoms with Crippen LogP contribution >= 0.6 is 0 Å². The second-order valence-corrected chi connectivity index (χ2v) is 4.17. The quantitative estimate of drug-likeness (QED) is 0.715. The van der Waals surface area contributed by atoms with E-state index in [1.807, 2.05) is 6.92 Å². The molecule has 1 fully saturated rings. The van der Waals surface area contributed by atoms with E-state index >= 15 is 0 Å². The van der Waals surface area contributed by atoms with Gasteiger partial charge in [0.15, 0.2) is 0 Å². The second kappa shape index (κ2) is 5.73. The van der Waals surface area contributed by atoms with Gasteiger partial charge in [0.2, 0.25) is 5.91 Å². The summed E-state index contributed by atoms with van der Waals surface area (Å²) in [5.41, 5.74) is 0. The molecule has 1 saturated carbocycles. The van der Waals surface area contributed by atoms with Gasteiger partial charge in [0.25, 0.3) is 0 Å². The predicted molar refractivity (Wildman–Crippen MR) is 56.2 cm³/mol. The molecular formula is C11H19NO3. The molecule has 0 aromatic rings. The maximum absolute atomic E-state index is 11.7. The van der Waals surface area contributed by atoms with Gasteiger partial charge in [-0.2, -0.15) is 0 Å². The topological polar surface area (TPSA) is 55.4 Å². The van der Waals surface area contributed by atoms with Gasteiger partial charge < -0.3 is 10.1 Å². The fourth-order valence-electron chi connectivity index (χ4n) is 1.93. The first kappa shape index (κ1) is 12.0. The summed E-state index contributed by atoms with van der Waals surface area (Å²) < 4.78 is 4.54. The van der Waals surface area contributed by atoms with E-state index in [0.717, 1.165) is 25.7 Å². The standard InChI is InChI=1S/C11H19NO3/c1-8(7-10(13)15-2)12-11(14)9-5-3-4-6-9/h8-9H,3-7H2,1-2H3,(H,12,14). The summed E-state index contributed by atoms with van der Waals surface area (Å²) in [4.78, 5) is 22.6. The summed E-state index contributed by atoms with van der Waals surface area (Å²) in [5.74, 6) is -0.0387. The Hall–Kier alpha value is -1.06. The molecule has 1 N–H and O–H groups in total. The van der Waals surface area contributed by atoms with Gasteiger partial charge in [-0.15, -0.1) is 0 Å². The minimum Gasteiger partial charge on any atom is -0.469 e. The lowest BCUT2D eigenvalue weighted by atomic mass is 10.1. The van der Waals surface area contributed by atoms with E-state index in [1.54, 1.807) is 0 Å². The van der Waals surface area contributed by atoms with Gasteiger partial charge in [-0.1, -0.05) is 12.8 Å². The Labute approximate surface area is 90.4 Å². The molecule has 0 spiro atoms. The van der Waals surface area contributed by atoms with E-state index in [2.05, 4.69) is 10.1 Å². The molecule has 0 heterocycles. The Kier molecular flexibility index (Phi) is 4.59. The third kappa shape index (κ3) is 3.90. The highest BCUT2D eigenvalue weighted by atomic mass is 16.5. The molecular weight excluding hydrogens is 194 g/mol. The van der Waals surface area contributed by atoms with Gasteiger partial charge in [-0.3, -0.25) is 9.59 Å². The maximum atomic E-state index is 11.7. The number of hydrogen-bond acceptors (Lipinski definition) is 3. The molecule has 4 nitrogen and oxygen atoms in total. The monoisotopic (exact) mass is 213 g/mol. The SMILES string of the molecule is COC(=O)CC(C)NC(=O)C1CCCC1. The number of carbonyl (C=O) groups excluding carboxylic acids is 2.